The molecule has 0 aliphatic carbocycles. The summed E-state index contributed by atoms with van der Waals surface area (Å²) < 4.78 is 0. The Hall–Kier alpha value is -1.60. The Bertz CT molecular complexity index is 1300. The van der Waals surface area contributed by atoms with E-state index in [0.29, 0.717) is 41.5 Å². The van der Waals surface area contributed by atoms with Gasteiger partial charge < -0.3 is 20.4 Å². The third kappa shape index (κ3) is 7.14. The maximum Gasteiger partial charge on any atom is 0.152 e. The number of hydrogen-bond acceptors (Lipinski definition) is 4. The van der Waals surface area contributed by atoms with E-state index in [-0.39, 0.29) is 75.0 Å². The van der Waals surface area contributed by atoms with E-state index in [4.69, 9.17) is 92.8 Å². The minimum absolute atomic E-state index is 0.0769. The van der Waals surface area contributed by atoms with Crippen molar-refractivity contribution >= 4 is 92.8 Å². The molecule has 0 radical (unpaired) electrons. The topological polar surface area (TPSA) is 80.9 Å². The van der Waals surface area contributed by atoms with E-state index in [1.54, 1.807) is 48.5 Å². The molecule has 0 unspecified atom stereocenters. The van der Waals surface area contributed by atoms with Crippen molar-refractivity contribution in [2.24, 2.45) is 0 Å². The lowest BCUT2D eigenvalue weighted by Crippen LogP contribution is -2.06. The van der Waals surface area contributed by atoms with E-state index < -0.39 is 0 Å². The van der Waals surface area contributed by atoms with Gasteiger partial charge in [0.2, 0.25) is 0 Å². The summed E-state index contributed by atoms with van der Waals surface area (Å²) >= 11 is 50.0. The fourth-order valence-corrected chi connectivity index (χ4v) is 6.74. The number of rotatable bonds is 8. The molecule has 0 aromatic heterocycles. The van der Waals surface area contributed by atoms with Gasteiger partial charge in [-0.15, -0.1) is 0 Å². The Morgan fingerprint density at radius 1 is 0.366 bits per heavy atom. The Morgan fingerprint density at radius 2 is 0.537 bits per heavy atom. The van der Waals surface area contributed by atoms with Crippen LogP contribution in [0.15, 0.2) is 48.5 Å². The Morgan fingerprint density at radius 3 is 0.707 bits per heavy atom. The van der Waals surface area contributed by atoms with E-state index in [1.807, 2.05) is 0 Å². The molecule has 4 aromatic rings. The molecule has 0 saturated heterocycles. The average molecular weight is 716 g/mol. The lowest BCUT2D eigenvalue weighted by atomic mass is 9.82. The first-order valence-corrected chi connectivity index (χ1v) is 15.0. The van der Waals surface area contributed by atoms with E-state index in [1.165, 1.54) is 0 Å². The Balaban J connectivity index is 1.74. The SMILES string of the molecule is Oc1c(Cl)cc(C(CCCC(c2cc(Cl)c(O)c(Cl)c2)c2cc(Cl)c(O)c(Cl)c2)c2cc(Cl)c(O)c(Cl)c2)cc1Cl. The summed E-state index contributed by atoms with van der Waals surface area (Å²) in [6.45, 7) is 0. The predicted molar refractivity (Wildman–Crippen MR) is 170 cm³/mol. The van der Waals surface area contributed by atoms with Crippen molar-refractivity contribution in [2.75, 3.05) is 0 Å². The van der Waals surface area contributed by atoms with Gasteiger partial charge in [-0.2, -0.15) is 0 Å². The molecule has 12 heteroatoms. The summed E-state index contributed by atoms with van der Waals surface area (Å²) in [6.07, 6.45) is 1.61. The van der Waals surface area contributed by atoms with Gasteiger partial charge in [0.25, 0.3) is 0 Å². The number of phenols is 4. The lowest BCUT2D eigenvalue weighted by molar-refractivity contribution is 0.474. The first-order valence-electron chi connectivity index (χ1n) is 12.0. The van der Waals surface area contributed by atoms with Crippen molar-refractivity contribution in [3.05, 3.63) is 111 Å². The maximum absolute atomic E-state index is 10.1. The van der Waals surface area contributed by atoms with Crippen LogP contribution in [0, 0.1) is 0 Å². The highest BCUT2D eigenvalue weighted by Crippen LogP contribution is 2.45. The molecule has 0 aliphatic rings. The summed E-state index contributed by atoms with van der Waals surface area (Å²) in [6, 6.07) is 12.9. The highest BCUT2D eigenvalue weighted by atomic mass is 35.5. The minimum Gasteiger partial charge on any atom is -0.505 e. The molecule has 0 fully saturated rings. The average Bonchev–Trinajstić information content (AvgIpc) is 2.91. The van der Waals surface area contributed by atoms with Crippen LogP contribution in [0.4, 0.5) is 0 Å². The standard InChI is InChI=1S/C29H20Cl8O4/c30-18-4-12(5-19(31)26(18)38)16(13-6-20(32)27(39)21(33)7-13)2-1-3-17(14-8-22(34)28(40)23(35)9-14)15-10-24(36)29(41)25(37)11-15/h4-11,16-17,38-41H,1-3H2. The summed E-state index contributed by atoms with van der Waals surface area (Å²) in [5, 5.41) is 41.1. The normalized spacial score (nSPS) is 11.6. The van der Waals surface area contributed by atoms with E-state index in [9.17, 15) is 20.4 Å². The third-order valence-electron chi connectivity index (χ3n) is 6.75. The van der Waals surface area contributed by atoms with Crippen molar-refractivity contribution in [2.45, 2.75) is 31.1 Å². The number of benzene rings is 4. The molecule has 41 heavy (non-hydrogen) atoms. The molecule has 4 nitrogen and oxygen atoms in total. The first kappa shape index (κ1) is 32.3. The van der Waals surface area contributed by atoms with Crippen LogP contribution in [-0.4, -0.2) is 20.4 Å². The number of halogens is 8. The molecular formula is C29H20Cl8O4. The number of aromatic hydroxyl groups is 4. The van der Waals surface area contributed by atoms with Crippen LogP contribution in [0.1, 0.15) is 53.4 Å². The molecule has 0 amide bonds. The minimum atomic E-state index is -0.346. The van der Waals surface area contributed by atoms with Crippen molar-refractivity contribution in [1.82, 2.24) is 0 Å². The molecule has 0 spiro atoms. The summed E-state index contributed by atoms with van der Waals surface area (Å²) in [5.74, 6) is -1.64. The monoisotopic (exact) mass is 712 g/mol. The predicted octanol–water partition coefficient (Wildman–Crippen LogP) is 11.9. The first-order chi connectivity index (χ1) is 19.3. The molecule has 4 N–H and O–H groups in total. The van der Waals surface area contributed by atoms with Gasteiger partial charge in [-0.05, 0) is 83.6 Å². The molecule has 0 bridgehead atoms. The molecular weight excluding hydrogens is 696 g/mol. The van der Waals surface area contributed by atoms with Gasteiger partial charge >= 0.3 is 0 Å². The maximum atomic E-state index is 10.1. The van der Waals surface area contributed by atoms with Crippen LogP contribution in [-0.2, 0) is 0 Å². The van der Waals surface area contributed by atoms with Crippen molar-refractivity contribution in [3.63, 3.8) is 0 Å². The van der Waals surface area contributed by atoms with Gasteiger partial charge in [0.15, 0.2) is 23.0 Å². The van der Waals surface area contributed by atoms with Crippen LogP contribution < -0.4 is 0 Å². The highest BCUT2D eigenvalue weighted by Gasteiger charge is 2.24. The summed E-state index contributed by atoms with van der Waals surface area (Å²) in [4.78, 5) is 0. The van der Waals surface area contributed by atoms with Gasteiger partial charge in [-0.25, -0.2) is 0 Å². The number of hydrogen-bond donors (Lipinski definition) is 4. The van der Waals surface area contributed by atoms with Gasteiger partial charge in [0.1, 0.15) is 0 Å². The van der Waals surface area contributed by atoms with Gasteiger partial charge in [0.05, 0.1) is 40.2 Å². The molecule has 0 saturated carbocycles. The summed E-state index contributed by atoms with van der Waals surface area (Å²) in [5.41, 5.74) is 2.77. The highest BCUT2D eigenvalue weighted by molar-refractivity contribution is 6.39. The molecule has 4 aromatic carbocycles. The van der Waals surface area contributed by atoms with Gasteiger partial charge in [0, 0.05) is 11.8 Å². The fraction of sp³-hybridized carbons (Fsp3) is 0.172. The van der Waals surface area contributed by atoms with Crippen LogP contribution >= 0.6 is 92.8 Å². The zero-order chi connectivity index (χ0) is 30.2. The smallest absolute Gasteiger partial charge is 0.152 e. The largest absolute Gasteiger partial charge is 0.505 e. The summed E-state index contributed by atoms with van der Waals surface area (Å²) in [7, 11) is 0. The van der Waals surface area contributed by atoms with Crippen LogP contribution in [0.3, 0.4) is 0 Å². The zero-order valence-electron chi connectivity index (χ0n) is 20.7. The molecule has 4 rings (SSSR count). The Kier molecular flexibility index (Phi) is 10.5. The van der Waals surface area contributed by atoms with Crippen LogP contribution in [0.5, 0.6) is 23.0 Å². The van der Waals surface area contributed by atoms with Gasteiger partial charge in [-0.1, -0.05) is 99.2 Å². The zero-order valence-corrected chi connectivity index (χ0v) is 26.8. The molecule has 0 atom stereocenters. The number of phenolic OH excluding ortho intramolecular Hbond substituents is 4. The van der Waals surface area contributed by atoms with E-state index in [0.717, 1.165) is 0 Å². The van der Waals surface area contributed by atoms with Crippen molar-refractivity contribution < 1.29 is 20.4 Å². The fourth-order valence-electron chi connectivity index (χ4n) is 4.72. The van der Waals surface area contributed by atoms with Crippen molar-refractivity contribution in [1.29, 1.82) is 0 Å². The molecule has 0 heterocycles. The quantitative estimate of drug-likeness (QED) is 0.146. The Labute approximate surface area is 276 Å². The van der Waals surface area contributed by atoms with Crippen LogP contribution in [0.25, 0.3) is 0 Å². The van der Waals surface area contributed by atoms with Gasteiger partial charge in [-0.3, -0.25) is 0 Å². The third-order valence-corrected chi connectivity index (χ3v) is 9.06. The van der Waals surface area contributed by atoms with Crippen LogP contribution in [0.2, 0.25) is 40.2 Å². The second-order valence-electron chi connectivity index (χ2n) is 9.37. The van der Waals surface area contributed by atoms with Crippen molar-refractivity contribution in [3.8, 4) is 23.0 Å². The molecule has 0 aliphatic heterocycles. The lowest BCUT2D eigenvalue weighted by Gasteiger charge is -2.23. The van der Waals surface area contributed by atoms with E-state index in [2.05, 4.69) is 0 Å². The second-order valence-corrected chi connectivity index (χ2v) is 12.6. The molecule has 216 valence electrons. The second kappa shape index (κ2) is 13.4. The van der Waals surface area contributed by atoms with E-state index >= 15 is 0 Å².